The third kappa shape index (κ3) is 5.14. The smallest absolute Gasteiger partial charge is 0.265 e. The van der Waals surface area contributed by atoms with E-state index in [0.717, 1.165) is 0 Å². The van der Waals surface area contributed by atoms with Crippen LogP contribution in [0, 0.1) is 6.92 Å². The van der Waals surface area contributed by atoms with Crippen LogP contribution in [0.4, 0.5) is 5.69 Å². The number of aliphatic hydroxyl groups excluding tert-OH is 1. The lowest BCUT2D eigenvalue weighted by molar-refractivity contribution is 0.0932. The van der Waals surface area contributed by atoms with Crippen LogP contribution >= 0.6 is 0 Å². The van der Waals surface area contributed by atoms with Crippen LogP contribution in [-0.2, 0) is 15.8 Å². The Labute approximate surface area is 217 Å². The first-order valence-electron chi connectivity index (χ1n) is 12.2. The molecule has 2 heterocycles. The van der Waals surface area contributed by atoms with Gasteiger partial charge in [0.25, 0.3) is 5.91 Å². The molecule has 1 atom stereocenters. The summed E-state index contributed by atoms with van der Waals surface area (Å²) in [4.78, 5) is 19.6. The highest BCUT2D eigenvalue weighted by Crippen LogP contribution is 2.49. The van der Waals surface area contributed by atoms with Crippen LogP contribution in [0.25, 0.3) is 10.9 Å². The Bertz CT molecular complexity index is 1460. The zero-order valence-corrected chi connectivity index (χ0v) is 22.8. The summed E-state index contributed by atoms with van der Waals surface area (Å²) in [5, 5.41) is 12.1. The molecule has 1 aliphatic heterocycles. The number of nitrogens with one attached hydrogen (secondary N) is 1. The van der Waals surface area contributed by atoms with E-state index in [2.05, 4.69) is 9.71 Å². The van der Waals surface area contributed by atoms with Gasteiger partial charge in [0.05, 0.1) is 30.1 Å². The second kappa shape index (κ2) is 9.92. The minimum Gasteiger partial charge on any atom is -0.492 e. The number of sulfonamides is 1. The standard InChI is InChI=1S/C27H33N3O6S/c1-7-35-23-18-10-9-13-28-22(18)24(36-8-2)21-20(23)25(31)30(26(21)32)19-12-11-17(14-16(19)3)15-37(33,34)29-27(4,5)6/h9-14,26,29,32H,7-8,15H2,1-6H3. The lowest BCUT2D eigenvalue weighted by Crippen LogP contribution is -2.41. The molecule has 1 aromatic heterocycles. The average molecular weight is 528 g/mol. The Morgan fingerprint density at radius 1 is 1.11 bits per heavy atom. The zero-order valence-electron chi connectivity index (χ0n) is 22.0. The monoisotopic (exact) mass is 527 g/mol. The third-order valence-corrected chi connectivity index (χ3v) is 7.50. The molecule has 37 heavy (non-hydrogen) atoms. The summed E-state index contributed by atoms with van der Waals surface area (Å²) in [5.74, 6) is 0.0515. The van der Waals surface area contributed by atoms with Gasteiger partial charge in [-0.15, -0.1) is 0 Å². The predicted molar refractivity (Wildman–Crippen MR) is 143 cm³/mol. The summed E-state index contributed by atoms with van der Waals surface area (Å²) in [5.41, 5.74) is 2.12. The normalized spacial score (nSPS) is 15.8. The molecule has 1 aliphatic rings. The highest BCUT2D eigenvalue weighted by molar-refractivity contribution is 7.88. The van der Waals surface area contributed by atoms with Crippen LogP contribution in [0.15, 0.2) is 36.5 Å². The zero-order chi connectivity index (χ0) is 27.1. The second-order valence-electron chi connectivity index (χ2n) is 9.99. The van der Waals surface area contributed by atoms with Crippen LogP contribution in [0.5, 0.6) is 11.5 Å². The lowest BCUT2D eigenvalue weighted by atomic mass is 10.0. The molecule has 1 amide bonds. The maximum absolute atomic E-state index is 13.8. The Morgan fingerprint density at radius 2 is 1.78 bits per heavy atom. The molecule has 3 aromatic rings. The number of rotatable bonds is 8. The molecule has 10 heteroatoms. The van der Waals surface area contributed by atoms with Gasteiger partial charge < -0.3 is 14.6 Å². The van der Waals surface area contributed by atoms with Crippen molar-refractivity contribution in [1.82, 2.24) is 9.71 Å². The van der Waals surface area contributed by atoms with Gasteiger partial charge in [-0.05, 0) is 70.9 Å². The number of carbonyl (C=O) groups excluding carboxylic acids is 1. The number of hydrogen-bond donors (Lipinski definition) is 2. The van der Waals surface area contributed by atoms with Crippen LogP contribution in [0.2, 0.25) is 0 Å². The summed E-state index contributed by atoms with van der Waals surface area (Å²) >= 11 is 0. The van der Waals surface area contributed by atoms with Crippen LogP contribution < -0.4 is 19.1 Å². The van der Waals surface area contributed by atoms with E-state index in [-0.39, 0.29) is 11.3 Å². The van der Waals surface area contributed by atoms with E-state index in [9.17, 15) is 18.3 Å². The number of fused-ring (bicyclic) bond motifs is 2. The van der Waals surface area contributed by atoms with Crippen molar-refractivity contribution in [3.8, 4) is 11.5 Å². The fourth-order valence-corrected chi connectivity index (χ4v) is 6.34. The van der Waals surface area contributed by atoms with Gasteiger partial charge in [-0.2, -0.15) is 0 Å². The van der Waals surface area contributed by atoms with Crippen LogP contribution in [0.3, 0.4) is 0 Å². The first-order chi connectivity index (χ1) is 17.4. The number of ether oxygens (including phenoxy) is 2. The van der Waals surface area contributed by atoms with Gasteiger partial charge in [-0.3, -0.25) is 14.7 Å². The molecule has 198 valence electrons. The first-order valence-corrected chi connectivity index (χ1v) is 13.9. The minimum absolute atomic E-state index is 0.206. The van der Waals surface area contributed by atoms with Crippen molar-refractivity contribution >= 4 is 32.5 Å². The van der Waals surface area contributed by atoms with Gasteiger partial charge in [-0.1, -0.05) is 12.1 Å². The number of hydrogen-bond acceptors (Lipinski definition) is 7. The molecule has 0 fully saturated rings. The van der Waals surface area contributed by atoms with Crippen molar-refractivity contribution in [2.24, 2.45) is 0 Å². The number of benzene rings is 2. The van der Waals surface area contributed by atoms with Gasteiger partial charge in [0.2, 0.25) is 10.0 Å². The van der Waals surface area contributed by atoms with Gasteiger partial charge in [0.15, 0.2) is 12.0 Å². The number of nitrogens with zero attached hydrogens (tertiary/aromatic N) is 2. The van der Waals surface area contributed by atoms with Crippen molar-refractivity contribution in [2.45, 2.75) is 59.1 Å². The van der Waals surface area contributed by atoms with E-state index in [1.807, 2.05) is 19.9 Å². The Morgan fingerprint density at radius 3 is 2.41 bits per heavy atom. The van der Waals surface area contributed by atoms with Gasteiger partial charge >= 0.3 is 0 Å². The lowest BCUT2D eigenvalue weighted by Gasteiger charge is -2.24. The van der Waals surface area contributed by atoms with Crippen molar-refractivity contribution in [3.63, 3.8) is 0 Å². The second-order valence-corrected chi connectivity index (χ2v) is 11.7. The molecule has 4 rings (SSSR count). The summed E-state index contributed by atoms with van der Waals surface area (Å²) in [6.45, 7) is 11.4. The molecule has 2 aromatic carbocycles. The van der Waals surface area contributed by atoms with Crippen molar-refractivity contribution in [2.75, 3.05) is 18.1 Å². The first kappa shape index (κ1) is 26.8. The fourth-order valence-electron chi connectivity index (χ4n) is 4.71. The topological polar surface area (TPSA) is 118 Å². The van der Waals surface area contributed by atoms with Crippen molar-refractivity contribution in [3.05, 3.63) is 58.8 Å². The quantitative estimate of drug-likeness (QED) is 0.451. The molecule has 0 bridgehead atoms. The average Bonchev–Trinajstić information content (AvgIpc) is 3.04. The molecule has 0 aliphatic carbocycles. The number of aliphatic hydroxyl groups is 1. The molecule has 9 nitrogen and oxygen atoms in total. The molecule has 0 saturated carbocycles. The fraction of sp³-hybridized carbons (Fsp3) is 0.407. The van der Waals surface area contributed by atoms with E-state index < -0.39 is 27.7 Å². The van der Waals surface area contributed by atoms with E-state index in [4.69, 9.17) is 9.47 Å². The van der Waals surface area contributed by atoms with Gasteiger partial charge in [-0.25, -0.2) is 13.1 Å². The Kier molecular flexibility index (Phi) is 7.20. The van der Waals surface area contributed by atoms with Gasteiger partial charge in [0, 0.05) is 22.8 Å². The Hall–Kier alpha value is -3.21. The molecule has 0 saturated heterocycles. The highest BCUT2D eigenvalue weighted by atomic mass is 32.2. The van der Waals surface area contributed by atoms with E-state index >= 15 is 0 Å². The van der Waals surface area contributed by atoms with Crippen LogP contribution in [0.1, 0.15) is 67.9 Å². The number of pyridine rings is 1. The van der Waals surface area contributed by atoms with E-state index in [1.54, 1.807) is 58.2 Å². The number of aromatic nitrogens is 1. The van der Waals surface area contributed by atoms with E-state index in [1.165, 1.54) is 4.90 Å². The summed E-state index contributed by atoms with van der Waals surface area (Å²) in [6.07, 6.45) is 0.282. The third-order valence-electron chi connectivity index (χ3n) is 5.86. The summed E-state index contributed by atoms with van der Waals surface area (Å²) < 4.78 is 39.6. The molecular weight excluding hydrogens is 494 g/mol. The minimum atomic E-state index is -3.57. The SMILES string of the molecule is CCOc1c2c(c(OCC)c3ncccc13)C(O)N(c1ccc(CS(=O)(=O)NC(C)(C)C)cc1C)C2=O. The molecule has 2 N–H and O–H groups in total. The summed E-state index contributed by atoms with van der Waals surface area (Å²) in [7, 11) is -3.57. The summed E-state index contributed by atoms with van der Waals surface area (Å²) in [6, 6.07) is 8.59. The number of anilines is 1. The maximum atomic E-state index is 13.8. The maximum Gasteiger partial charge on any atom is 0.265 e. The largest absolute Gasteiger partial charge is 0.492 e. The predicted octanol–water partition coefficient (Wildman–Crippen LogP) is 4.21. The van der Waals surface area contributed by atoms with Crippen LogP contribution in [-0.4, -0.2) is 43.2 Å². The van der Waals surface area contributed by atoms with Gasteiger partial charge in [0.1, 0.15) is 11.3 Å². The van der Waals surface area contributed by atoms with Crippen molar-refractivity contribution < 1.29 is 27.8 Å². The number of amides is 1. The molecule has 0 radical (unpaired) electrons. The highest BCUT2D eigenvalue weighted by Gasteiger charge is 2.44. The van der Waals surface area contributed by atoms with Crippen molar-refractivity contribution in [1.29, 1.82) is 0 Å². The van der Waals surface area contributed by atoms with E-state index in [0.29, 0.717) is 58.0 Å². The molecular formula is C27H33N3O6S. The number of carbonyl (C=O) groups is 1. The number of aryl methyl sites for hydroxylation is 1. The molecule has 1 unspecified atom stereocenters. The Balaban J connectivity index is 1.80. The molecule has 0 spiro atoms.